The molecule has 218 valence electrons. The van der Waals surface area contributed by atoms with E-state index in [1.807, 2.05) is 11.3 Å². The molecular formula is C42H27BrN2S. The quantitative estimate of drug-likeness (QED) is 0.177. The van der Waals surface area contributed by atoms with Crippen molar-refractivity contribution >= 4 is 86.3 Å². The molecule has 0 amide bonds. The highest BCUT2D eigenvalue weighted by Crippen LogP contribution is 2.45. The highest BCUT2D eigenvalue weighted by atomic mass is 79.9. The van der Waals surface area contributed by atoms with Gasteiger partial charge in [0.15, 0.2) is 0 Å². The maximum absolute atomic E-state index is 3.56. The fourth-order valence-corrected chi connectivity index (χ4v) is 8.23. The lowest BCUT2D eigenvalue weighted by molar-refractivity contribution is 1.18. The predicted octanol–water partition coefficient (Wildman–Crippen LogP) is 13.1. The van der Waals surface area contributed by atoms with E-state index < -0.39 is 0 Å². The summed E-state index contributed by atoms with van der Waals surface area (Å²) in [6.45, 7) is 0. The van der Waals surface area contributed by atoms with Crippen molar-refractivity contribution in [3.05, 3.63) is 168 Å². The van der Waals surface area contributed by atoms with Crippen molar-refractivity contribution in [3.63, 3.8) is 0 Å². The zero-order valence-electron chi connectivity index (χ0n) is 24.8. The van der Waals surface area contributed by atoms with Gasteiger partial charge < -0.3 is 9.47 Å². The van der Waals surface area contributed by atoms with E-state index in [9.17, 15) is 0 Å². The molecule has 2 heterocycles. The molecule has 0 saturated heterocycles. The van der Waals surface area contributed by atoms with E-state index in [2.05, 4.69) is 189 Å². The van der Waals surface area contributed by atoms with Crippen LogP contribution in [0.2, 0.25) is 0 Å². The van der Waals surface area contributed by atoms with Crippen LogP contribution < -0.4 is 4.90 Å². The summed E-state index contributed by atoms with van der Waals surface area (Å²) in [5, 5.41) is 5.15. The summed E-state index contributed by atoms with van der Waals surface area (Å²) in [4.78, 5) is 2.35. The van der Waals surface area contributed by atoms with Crippen LogP contribution in [0, 0.1) is 0 Å². The SMILES string of the molecule is Brc1ccc(-c2ccc(N(c3ccccc3)c3ccc4c5ccc6c7ccccc7sc6c5n(-c5ccccc5)c4c3)cc2)cc1. The molecule has 0 fully saturated rings. The molecule has 9 rings (SSSR count). The predicted molar refractivity (Wildman–Crippen MR) is 201 cm³/mol. The third-order valence-corrected chi connectivity index (χ3v) is 10.6. The Morgan fingerprint density at radius 1 is 0.478 bits per heavy atom. The lowest BCUT2D eigenvalue weighted by Gasteiger charge is -2.26. The lowest BCUT2D eigenvalue weighted by Crippen LogP contribution is -2.10. The second kappa shape index (κ2) is 11.0. The number of anilines is 3. The summed E-state index contributed by atoms with van der Waals surface area (Å²) in [5.41, 5.74) is 9.35. The molecule has 2 nitrogen and oxygen atoms in total. The van der Waals surface area contributed by atoms with Crippen LogP contribution in [0.1, 0.15) is 0 Å². The van der Waals surface area contributed by atoms with Crippen molar-refractivity contribution in [1.29, 1.82) is 0 Å². The molecule has 0 N–H and O–H groups in total. The van der Waals surface area contributed by atoms with Crippen molar-refractivity contribution in [2.24, 2.45) is 0 Å². The Kier molecular flexibility index (Phi) is 6.51. The first kappa shape index (κ1) is 27.2. The van der Waals surface area contributed by atoms with Crippen LogP contribution in [0.4, 0.5) is 17.1 Å². The van der Waals surface area contributed by atoms with Gasteiger partial charge in [0.25, 0.3) is 0 Å². The Morgan fingerprint density at radius 2 is 1.07 bits per heavy atom. The zero-order chi connectivity index (χ0) is 30.6. The molecule has 0 aliphatic rings. The standard InChI is InChI=1S/C42H27BrN2S/c43-30-19-15-28(16-20-30)29-17-21-33(22-18-29)44(31-9-3-1-4-10-31)34-23-24-35-37-25-26-38-36-13-7-8-14-40(36)46-42(38)41(37)45(39(35)27-34)32-11-5-2-6-12-32/h1-27H. The van der Waals surface area contributed by atoms with Crippen LogP contribution in [-0.2, 0) is 0 Å². The van der Waals surface area contributed by atoms with Gasteiger partial charge in [-0.1, -0.05) is 113 Å². The summed E-state index contributed by atoms with van der Waals surface area (Å²) < 4.78 is 6.19. The van der Waals surface area contributed by atoms with Crippen LogP contribution in [0.15, 0.2) is 168 Å². The van der Waals surface area contributed by atoms with E-state index in [0.717, 1.165) is 27.2 Å². The second-order valence-electron chi connectivity index (χ2n) is 11.5. The Labute approximate surface area is 279 Å². The molecule has 0 spiro atoms. The Bertz CT molecular complexity index is 2510. The van der Waals surface area contributed by atoms with Gasteiger partial charge in [-0.05, 0) is 77.9 Å². The van der Waals surface area contributed by atoms with Gasteiger partial charge in [0, 0.05) is 53.5 Å². The zero-order valence-corrected chi connectivity index (χ0v) is 27.2. The van der Waals surface area contributed by atoms with Gasteiger partial charge in [-0.2, -0.15) is 0 Å². The maximum atomic E-state index is 3.56. The monoisotopic (exact) mass is 670 g/mol. The summed E-state index contributed by atoms with van der Waals surface area (Å²) in [5.74, 6) is 0. The number of nitrogens with zero attached hydrogens (tertiary/aromatic N) is 2. The van der Waals surface area contributed by atoms with Crippen molar-refractivity contribution in [3.8, 4) is 16.8 Å². The minimum absolute atomic E-state index is 1.08. The first-order valence-electron chi connectivity index (χ1n) is 15.4. The van der Waals surface area contributed by atoms with E-state index >= 15 is 0 Å². The lowest BCUT2D eigenvalue weighted by atomic mass is 10.0. The fraction of sp³-hybridized carbons (Fsp3) is 0. The van der Waals surface area contributed by atoms with E-state index in [-0.39, 0.29) is 0 Å². The van der Waals surface area contributed by atoms with Crippen LogP contribution in [0.3, 0.4) is 0 Å². The minimum Gasteiger partial charge on any atom is -0.310 e. The molecule has 4 heteroatoms. The smallest absolute Gasteiger partial charge is 0.0719 e. The largest absolute Gasteiger partial charge is 0.310 e. The number of rotatable bonds is 5. The molecule has 0 atom stereocenters. The van der Waals surface area contributed by atoms with Gasteiger partial charge in [-0.3, -0.25) is 0 Å². The summed E-state index contributed by atoms with van der Waals surface area (Å²) in [6.07, 6.45) is 0. The topological polar surface area (TPSA) is 8.17 Å². The summed E-state index contributed by atoms with van der Waals surface area (Å²) >= 11 is 5.45. The number of thiophene rings is 1. The molecule has 0 radical (unpaired) electrons. The summed E-state index contributed by atoms with van der Waals surface area (Å²) in [7, 11) is 0. The average molecular weight is 672 g/mol. The first-order valence-corrected chi connectivity index (χ1v) is 17.0. The van der Waals surface area contributed by atoms with E-state index in [4.69, 9.17) is 0 Å². The van der Waals surface area contributed by atoms with Crippen molar-refractivity contribution in [1.82, 2.24) is 4.57 Å². The summed E-state index contributed by atoms with van der Waals surface area (Å²) in [6, 6.07) is 59.1. The van der Waals surface area contributed by atoms with Gasteiger partial charge in [-0.15, -0.1) is 11.3 Å². The molecular weight excluding hydrogens is 644 g/mol. The third kappa shape index (κ3) is 4.45. The molecule has 0 saturated carbocycles. The molecule has 0 unspecified atom stereocenters. The Hall–Kier alpha value is -5.16. The fourth-order valence-electron chi connectivity index (χ4n) is 6.72. The van der Waals surface area contributed by atoms with Crippen LogP contribution in [0.5, 0.6) is 0 Å². The average Bonchev–Trinajstić information content (AvgIpc) is 3.66. The molecule has 7 aromatic carbocycles. The van der Waals surface area contributed by atoms with Crippen molar-refractivity contribution in [2.45, 2.75) is 0 Å². The number of benzene rings is 7. The van der Waals surface area contributed by atoms with Gasteiger partial charge >= 0.3 is 0 Å². The Balaban J connectivity index is 1.28. The van der Waals surface area contributed by atoms with Crippen LogP contribution in [-0.4, -0.2) is 4.57 Å². The molecule has 0 aliphatic heterocycles. The second-order valence-corrected chi connectivity index (χ2v) is 13.5. The molecule has 46 heavy (non-hydrogen) atoms. The van der Waals surface area contributed by atoms with Crippen molar-refractivity contribution < 1.29 is 0 Å². The van der Waals surface area contributed by atoms with Gasteiger partial charge in [0.1, 0.15) is 0 Å². The highest BCUT2D eigenvalue weighted by molar-refractivity contribution is 9.10. The van der Waals surface area contributed by atoms with Gasteiger partial charge in [-0.25, -0.2) is 0 Å². The maximum Gasteiger partial charge on any atom is 0.0719 e. The number of halogens is 1. The highest BCUT2D eigenvalue weighted by Gasteiger charge is 2.20. The van der Waals surface area contributed by atoms with Crippen LogP contribution >= 0.6 is 27.3 Å². The molecule has 0 aliphatic carbocycles. The number of aromatic nitrogens is 1. The number of fused-ring (bicyclic) bond motifs is 7. The third-order valence-electron chi connectivity index (χ3n) is 8.85. The van der Waals surface area contributed by atoms with E-state index in [1.165, 1.54) is 53.1 Å². The Morgan fingerprint density at radius 3 is 1.83 bits per heavy atom. The number of hydrogen-bond acceptors (Lipinski definition) is 2. The van der Waals surface area contributed by atoms with E-state index in [0.29, 0.717) is 0 Å². The molecule has 9 aromatic rings. The van der Waals surface area contributed by atoms with Crippen molar-refractivity contribution in [2.75, 3.05) is 4.90 Å². The van der Waals surface area contributed by atoms with Crippen LogP contribution in [0.25, 0.3) is 58.8 Å². The minimum atomic E-state index is 1.08. The van der Waals surface area contributed by atoms with Gasteiger partial charge in [0.05, 0.1) is 15.7 Å². The first-order chi connectivity index (χ1) is 22.7. The molecule has 2 aromatic heterocycles. The number of para-hydroxylation sites is 2. The van der Waals surface area contributed by atoms with E-state index in [1.54, 1.807) is 0 Å². The number of hydrogen-bond donors (Lipinski definition) is 0. The van der Waals surface area contributed by atoms with Gasteiger partial charge in [0.2, 0.25) is 0 Å². The normalized spacial score (nSPS) is 11.6. The molecule has 0 bridgehead atoms.